The van der Waals surface area contributed by atoms with Gasteiger partial charge in [-0.1, -0.05) is 25.4 Å². The summed E-state index contributed by atoms with van der Waals surface area (Å²) in [6.07, 6.45) is 0.610. The summed E-state index contributed by atoms with van der Waals surface area (Å²) in [5.74, 6) is -2.17. The van der Waals surface area contributed by atoms with Gasteiger partial charge in [0.2, 0.25) is 0 Å². The SMILES string of the molecule is CCC(CC)(C(=O)O)c1cc(Cl)ccc1C(=O)O. The minimum absolute atomic E-state index is 0.00880. The molecule has 4 nitrogen and oxygen atoms in total. The topological polar surface area (TPSA) is 74.6 Å². The summed E-state index contributed by atoms with van der Waals surface area (Å²) in [6, 6.07) is 4.24. The predicted molar refractivity (Wildman–Crippen MR) is 68.3 cm³/mol. The van der Waals surface area contributed by atoms with Crippen LogP contribution in [0.3, 0.4) is 0 Å². The van der Waals surface area contributed by atoms with Crippen LogP contribution in [0.1, 0.15) is 42.6 Å². The molecule has 0 spiro atoms. The highest BCUT2D eigenvalue weighted by Gasteiger charge is 2.39. The van der Waals surface area contributed by atoms with Crippen molar-refractivity contribution in [2.45, 2.75) is 32.1 Å². The second kappa shape index (κ2) is 5.40. The maximum absolute atomic E-state index is 11.5. The lowest BCUT2D eigenvalue weighted by Gasteiger charge is -2.28. The maximum Gasteiger partial charge on any atom is 0.336 e. The molecule has 0 aliphatic carbocycles. The average molecular weight is 271 g/mol. The van der Waals surface area contributed by atoms with Crippen molar-refractivity contribution >= 4 is 23.5 Å². The number of rotatable bonds is 5. The fraction of sp³-hybridized carbons (Fsp3) is 0.385. The van der Waals surface area contributed by atoms with Crippen molar-refractivity contribution in [1.29, 1.82) is 0 Å². The van der Waals surface area contributed by atoms with Crippen LogP contribution >= 0.6 is 11.6 Å². The summed E-state index contributed by atoms with van der Waals surface area (Å²) in [5.41, 5.74) is -0.955. The lowest BCUT2D eigenvalue weighted by molar-refractivity contribution is -0.144. The van der Waals surface area contributed by atoms with E-state index in [9.17, 15) is 14.7 Å². The molecule has 98 valence electrons. The predicted octanol–water partition coefficient (Wildman–Crippen LogP) is 3.18. The number of hydrogen-bond acceptors (Lipinski definition) is 2. The Morgan fingerprint density at radius 1 is 1.22 bits per heavy atom. The third kappa shape index (κ3) is 2.34. The van der Waals surface area contributed by atoms with Crippen molar-refractivity contribution in [3.8, 4) is 0 Å². The fourth-order valence-corrected chi connectivity index (χ4v) is 2.32. The van der Waals surface area contributed by atoms with E-state index in [1.165, 1.54) is 18.2 Å². The molecule has 0 aliphatic rings. The number of carboxylic acids is 2. The summed E-state index contributed by atoms with van der Waals surface area (Å²) in [7, 11) is 0. The Kier molecular flexibility index (Phi) is 4.35. The van der Waals surface area contributed by atoms with E-state index in [0.717, 1.165) is 0 Å². The smallest absolute Gasteiger partial charge is 0.336 e. The monoisotopic (exact) mass is 270 g/mol. The van der Waals surface area contributed by atoms with Crippen LogP contribution < -0.4 is 0 Å². The Morgan fingerprint density at radius 3 is 2.17 bits per heavy atom. The lowest BCUT2D eigenvalue weighted by atomic mass is 9.74. The molecule has 0 atom stereocenters. The van der Waals surface area contributed by atoms with E-state index in [4.69, 9.17) is 16.7 Å². The van der Waals surface area contributed by atoms with Gasteiger partial charge in [0, 0.05) is 5.02 Å². The van der Waals surface area contributed by atoms with E-state index in [0.29, 0.717) is 17.9 Å². The summed E-state index contributed by atoms with van der Waals surface area (Å²) in [4.78, 5) is 22.7. The first-order valence-corrected chi connectivity index (χ1v) is 6.03. The molecule has 0 saturated carbocycles. The van der Waals surface area contributed by atoms with Crippen LogP contribution in [0, 0.1) is 0 Å². The third-order valence-corrected chi connectivity index (χ3v) is 3.58. The highest BCUT2D eigenvalue weighted by molar-refractivity contribution is 6.30. The van der Waals surface area contributed by atoms with Crippen LogP contribution in [0.5, 0.6) is 0 Å². The van der Waals surface area contributed by atoms with Gasteiger partial charge in [0.25, 0.3) is 0 Å². The molecule has 0 saturated heterocycles. The van der Waals surface area contributed by atoms with Gasteiger partial charge >= 0.3 is 11.9 Å². The second-order valence-corrected chi connectivity index (χ2v) is 4.53. The molecule has 0 amide bonds. The van der Waals surface area contributed by atoms with Gasteiger partial charge in [-0.2, -0.15) is 0 Å². The van der Waals surface area contributed by atoms with Crippen LogP contribution in [0.25, 0.3) is 0 Å². The van der Waals surface area contributed by atoms with Crippen molar-refractivity contribution < 1.29 is 19.8 Å². The Hall–Kier alpha value is -1.55. The molecule has 1 rings (SSSR count). The van der Waals surface area contributed by atoms with Gasteiger partial charge in [-0.05, 0) is 36.6 Å². The van der Waals surface area contributed by atoms with E-state index in [1.807, 2.05) is 0 Å². The summed E-state index contributed by atoms with van der Waals surface area (Å²) >= 11 is 5.86. The molecule has 5 heteroatoms. The molecular formula is C13H15ClO4. The summed E-state index contributed by atoms with van der Waals surface area (Å²) in [5, 5.41) is 18.9. The zero-order valence-corrected chi connectivity index (χ0v) is 11.0. The van der Waals surface area contributed by atoms with Gasteiger partial charge in [0.15, 0.2) is 0 Å². The van der Waals surface area contributed by atoms with Gasteiger partial charge in [-0.15, -0.1) is 0 Å². The first kappa shape index (κ1) is 14.5. The molecule has 0 bridgehead atoms. The first-order valence-electron chi connectivity index (χ1n) is 5.65. The number of halogens is 1. The minimum atomic E-state index is -1.21. The Bertz CT molecular complexity index is 478. The van der Waals surface area contributed by atoms with Crippen LogP contribution in [0.2, 0.25) is 5.02 Å². The summed E-state index contributed by atoms with van der Waals surface area (Å²) in [6.45, 7) is 3.45. The summed E-state index contributed by atoms with van der Waals surface area (Å²) < 4.78 is 0. The van der Waals surface area contributed by atoms with Crippen LogP contribution in [0.15, 0.2) is 18.2 Å². The molecule has 0 unspecified atom stereocenters. The Labute approximate surface area is 110 Å². The molecule has 0 radical (unpaired) electrons. The van der Waals surface area contributed by atoms with Crippen molar-refractivity contribution in [3.63, 3.8) is 0 Å². The first-order chi connectivity index (χ1) is 8.39. The van der Waals surface area contributed by atoms with Gasteiger partial charge in [0.1, 0.15) is 0 Å². The normalized spacial score (nSPS) is 11.3. The number of aliphatic carboxylic acids is 1. The number of hydrogen-bond donors (Lipinski definition) is 2. The maximum atomic E-state index is 11.5. The van der Waals surface area contributed by atoms with Gasteiger partial charge in [-0.25, -0.2) is 4.79 Å². The molecule has 18 heavy (non-hydrogen) atoms. The average Bonchev–Trinajstić information content (AvgIpc) is 2.30. The van der Waals surface area contributed by atoms with Crippen LogP contribution in [0.4, 0.5) is 0 Å². The van der Waals surface area contributed by atoms with Crippen molar-refractivity contribution in [2.75, 3.05) is 0 Å². The molecule has 1 aromatic rings. The Balaban J connectivity index is 3.58. The zero-order chi connectivity index (χ0) is 13.9. The molecule has 0 aromatic heterocycles. The van der Waals surface area contributed by atoms with Crippen molar-refractivity contribution in [3.05, 3.63) is 34.3 Å². The third-order valence-electron chi connectivity index (χ3n) is 3.34. The standard InChI is InChI=1S/C13H15ClO4/c1-3-13(4-2,12(17)18)10-7-8(14)5-6-9(10)11(15)16/h5-7H,3-4H2,1-2H3,(H,15,16)(H,17,18). The fourth-order valence-electron chi connectivity index (χ4n) is 2.15. The van der Waals surface area contributed by atoms with E-state index < -0.39 is 17.4 Å². The highest BCUT2D eigenvalue weighted by Crippen LogP contribution is 2.36. The number of carboxylic acid groups (broad SMARTS) is 2. The van der Waals surface area contributed by atoms with Crippen LogP contribution in [-0.2, 0) is 10.2 Å². The lowest BCUT2D eigenvalue weighted by Crippen LogP contribution is -2.36. The highest BCUT2D eigenvalue weighted by atomic mass is 35.5. The molecule has 2 N–H and O–H groups in total. The number of carbonyl (C=O) groups is 2. The van der Waals surface area contributed by atoms with Gasteiger partial charge < -0.3 is 10.2 Å². The minimum Gasteiger partial charge on any atom is -0.481 e. The van der Waals surface area contributed by atoms with Crippen molar-refractivity contribution in [2.24, 2.45) is 0 Å². The molecule has 0 fully saturated rings. The Morgan fingerprint density at radius 2 is 1.78 bits per heavy atom. The van der Waals surface area contributed by atoms with E-state index in [1.54, 1.807) is 13.8 Å². The zero-order valence-electron chi connectivity index (χ0n) is 10.2. The van der Waals surface area contributed by atoms with Crippen LogP contribution in [-0.4, -0.2) is 22.2 Å². The van der Waals surface area contributed by atoms with Gasteiger partial charge in [-0.3, -0.25) is 4.79 Å². The molecule has 1 aromatic carbocycles. The van der Waals surface area contributed by atoms with Gasteiger partial charge in [0.05, 0.1) is 11.0 Å². The van der Waals surface area contributed by atoms with E-state index in [2.05, 4.69) is 0 Å². The van der Waals surface area contributed by atoms with Crippen molar-refractivity contribution in [1.82, 2.24) is 0 Å². The van der Waals surface area contributed by atoms with E-state index >= 15 is 0 Å². The second-order valence-electron chi connectivity index (χ2n) is 4.09. The largest absolute Gasteiger partial charge is 0.481 e. The molecule has 0 heterocycles. The molecule has 0 aliphatic heterocycles. The number of benzene rings is 1. The number of aromatic carboxylic acids is 1. The van der Waals surface area contributed by atoms with E-state index in [-0.39, 0.29) is 11.1 Å². The molecular weight excluding hydrogens is 256 g/mol. The quantitative estimate of drug-likeness (QED) is 0.862.